The molecule has 0 radical (unpaired) electrons. The molecule has 1 aliphatic heterocycles. The van der Waals surface area contributed by atoms with Crippen molar-refractivity contribution in [2.24, 2.45) is 5.92 Å². The Balaban J connectivity index is 1.71. The van der Waals surface area contributed by atoms with Gasteiger partial charge < -0.3 is 9.42 Å². The van der Waals surface area contributed by atoms with Gasteiger partial charge in [-0.15, -0.1) is 0 Å². The van der Waals surface area contributed by atoms with Crippen LogP contribution >= 0.6 is 0 Å². The molecular weight excluding hydrogens is 292 g/mol. The Bertz CT molecular complexity index is 666. The van der Waals surface area contributed by atoms with Gasteiger partial charge in [-0.25, -0.2) is 9.97 Å². The summed E-state index contributed by atoms with van der Waals surface area (Å²) < 4.78 is 5.39. The van der Waals surface area contributed by atoms with Crippen molar-refractivity contribution in [2.45, 2.75) is 39.8 Å². The van der Waals surface area contributed by atoms with Gasteiger partial charge in [0, 0.05) is 45.6 Å². The summed E-state index contributed by atoms with van der Waals surface area (Å²) in [5.74, 6) is 3.00. The van der Waals surface area contributed by atoms with E-state index in [1.807, 2.05) is 19.0 Å². The molecule has 23 heavy (non-hydrogen) atoms. The van der Waals surface area contributed by atoms with Gasteiger partial charge in [0.2, 0.25) is 5.89 Å². The van der Waals surface area contributed by atoms with Crippen molar-refractivity contribution in [3.63, 3.8) is 0 Å². The van der Waals surface area contributed by atoms with E-state index in [4.69, 9.17) is 4.52 Å². The second-order valence-electron chi connectivity index (χ2n) is 6.68. The molecule has 0 fully saturated rings. The van der Waals surface area contributed by atoms with E-state index in [1.165, 1.54) is 5.56 Å². The van der Waals surface area contributed by atoms with Crippen LogP contribution in [0.1, 0.15) is 36.8 Å². The smallest absolute Gasteiger partial charge is 0.240 e. The van der Waals surface area contributed by atoms with Crippen molar-refractivity contribution in [1.82, 2.24) is 25.0 Å². The van der Waals surface area contributed by atoms with Crippen LogP contribution in [0.25, 0.3) is 0 Å². The van der Waals surface area contributed by atoms with Crippen LogP contribution in [0.15, 0.2) is 10.9 Å². The molecule has 0 aromatic carbocycles. The highest BCUT2D eigenvalue weighted by atomic mass is 16.5. The number of anilines is 1. The zero-order chi connectivity index (χ0) is 16.4. The first-order chi connectivity index (χ1) is 11.0. The Morgan fingerprint density at radius 3 is 2.87 bits per heavy atom. The van der Waals surface area contributed by atoms with E-state index in [1.54, 1.807) is 6.33 Å². The Labute approximate surface area is 136 Å². The maximum absolute atomic E-state index is 5.39. The molecule has 2 aromatic heterocycles. The van der Waals surface area contributed by atoms with Crippen molar-refractivity contribution in [2.75, 3.05) is 25.5 Å². The van der Waals surface area contributed by atoms with Crippen LogP contribution in [-0.4, -0.2) is 45.6 Å². The molecule has 0 saturated heterocycles. The molecular formula is C16H24N6O. The van der Waals surface area contributed by atoms with Crippen LogP contribution in [0.5, 0.6) is 0 Å². The summed E-state index contributed by atoms with van der Waals surface area (Å²) in [5, 5.41) is 4.07. The van der Waals surface area contributed by atoms with E-state index in [2.05, 4.69) is 38.9 Å². The lowest BCUT2D eigenvalue weighted by atomic mass is 10.1. The molecule has 0 bridgehead atoms. The fourth-order valence-electron chi connectivity index (χ4n) is 2.90. The summed E-state index contributed by atoms with van der Waals surface area (Å²) >= 11 is 0. The first-order valence-electron chi connectivity index (χ1n) is 8.07. The van der Waals surface area contributed by atoms with Gasteiger partial charge in [-0.1, -0.05) is 19.0 Å². The summed E-state index contributed by atoms with van der Waals surface area (Å²) in [6, 6.07) is 0. The normalized spacial score (nSPS) is 15.0. The predicted octanol–water partition coefficient (Wildman–Crippen LogP) is 1.68. The lowest BCUT2D eigenvalue weighted by Gasteiger charge is -2.29. The summed E-state index contributed by atoms with van der Waals surface area (Å²) in [4.78, 5) is 17.7. The maximum Gasteiger partial charge on any atom is 0.240 e. The number of hydrogen-bond acceptors (Lipinski definition) is 7. The van der Waals surface area contributed by atoms with Crippen LogP contribution in [0.3, 0.4) is 0 Å². The van der Waals surface area contributed by atoms with Crippen LogP contribution in [0, 0.1) is 5.92 Å². The Hall–Kier alpha value is -2.02. The largest absolute Gasteiger partial charge is 0.362 e. The molecule has 7 heteroatoms. The van der Waals surface area contributed by atoms with Gasteiger partial charge in [0.05, 0.1) is 12.2 Å². The molecule has 0 amide bonds. The maximum atomic E-state index is 5.39. The molecule has 3 heterocycles. The van der Waals surface area contributed by atoms with Gasteiger partial charge in [0.1, 0.15) is 12.1 Å². The van der Waals surface area contributed by atoms with Gasteiger partial charge in [-0.05, 0) is 5.92 Å². The van der Waals surface area contributed by atoms with Crippen LogP contribution in [-0.2, 0) is 25.9 Å². The molecule has 2 aromatic rings. The van der Waals surface area contributed by atoms with Crippen molar-refractivity contribution >= 4 is 5.82 Å². The molecule has 1 aliphatic rings. The SMILES string of the molecule is CC(C)Cc1noc(CN2CCc3ncnc(N(C)C)c3C2)n1. The number of aromatic nitrogens is 4. The van der Waals surface area contributed by atoms with E-state index in [0.717, 1.165) is 43.3 Å². The Morgan fingerprint density at radius 2 is 2.13 bits per heavy atom. The standard InChI is InChI=1S/C16H24N6O/c1-11(2)7-14-19-15(23-20-14)9-22-6-5-13-12(8-22)16(21(3)4)18-10-17-13/h10-11H,5-9H2,1-4H3. The monoisotopic (exact) mass is 316 g/mol. The number of rotatable bonds is 5. The fraction of sp³-hybridized carbons (Fsp3) is 0.625. The molecule has 7 nitrogen and oxygen atoms in total. The van der Waals surface area contributed by atoms with E-state index in [9.17, 15) is 0 Å². The number of nitrogens with zero attached hydrogens (tertiary/aromatic N) is 6. The lowest BCUT2D eigenvalue weighted by Crippen LogP contribution is -2.32. The van der Waals surface area contributed by atoms with Gasteiger partial charge >= 0.3 is 0 Å². The van der Waals surface area contributed by atoms with E-state index in [0.29, 0.717) is 18.4 Å². The molecule has 0 atom stereocenters. The Morgan fingerprint density at radius 1 is 1.30 bits per heavy atom. The second-order valence-corrected chi connectivity index (χ2v) is 6.68. The molecule has 0 N–H and O–H groups in total. The minimum absolute atomic E-state index is 0.530. The lowest BCUT2D eigenvalue weighted by molar-refractivity contribution is 0.208. The first-order valence-corrected chi connectivity index (χ1v) is 8.07. The summed E-state index contributed by atoms with van der Waals surface area (Å²) in [6.07, 6.45) is 3.43. The summed E-state index contributed by atoms with van der Waals surface area (Å²) in [7, 11) is 4.02. The van der Waals surface area contributed by atoms with Gasteiger partial charge in [-0.3, -0.25) is 4.90 Å². The third kappa shape index (κ3) is 3.67. The highest BCUT2D eigenvalue weighted by molar-refractivity contribution is 5.48. The molecule has 0 aliphatic carbocycles. The summed E-state index contributed by atoms with van der Waals surface area (Å²) in [5.41, 5.74) is 2.34. The van der Waals surface area contributed by atoms with Crippen LogP contribution in [0.4, 0.5) is 5.82 Å². The zero-order valence-corrected chi connectivity index (χ0v) is 14.3. The van der Waals surface area contributed by atoms with E-state index in [-0.39, 0.29) is 0 Å². The van der Waals surface area contributed by atoms with Crippen LogP contribution in [0.2, 0.25) is 0 Å². The molecule has 0 saturated carbocycles. The third-order valence-corrected chi connectivity index (χ3v) is 3.94. The molecule has 3 rings (SSSR count). The fourth-order valence-corrected chi connectivity index (χ4v) is 2.90. The minimum Gasteiger partial charge on any atom is -0.362 e. The second kappa shape index (κ2) is 6.62. The summed E-state index contributed by atoms with van der Waals surface area (Å²) in [6.45, 7) is 6.73. The van der Waals surface area contributed by atoms with Gasteiger partial charge in [0.15, 0.2) is 5.82 Å². The van der Waals surface area contributed by atoms with Crippen molar-refractivity contribution in [3.05, 3.63) is 29.3 Å². The highest BCUT2D eigenvalue weighted by Crippen LogP contribution is 2.25. The van der Waals surface area contributed by atoms with E-state index < -0.39 is 0 Å². The zero-order valence-electron chi connectivity index (χ0n) is 14.3. The molecule has 0 unspecified atom stereocenters. The quantitative estimate of drug-likeness (QED) is 0.831. The molecule has 0 spiro atoms. The number of hydrogen-bond donors (Lipinski definition) is 0. The predicted molar refractivity (Wildman–Crippen MR) is 87.0 cm³/mol. The molecule has 124 valence electrons. The van der Waals surface area contributed by atoms with Gasteiger partial charge in [0.25, 0.3) is 0 Å². The average Bonchev–Trinajstić information content (AvgIpc) is 2.92. The average molecular weight is 316 g/mol. The van der Waals surface area contributed by atoms with E-state index >= 15 is 0 Å². The highest BCUT2D eigenvalue weighted by Gasteiger charge is 2.23. The van der Waals surface area contributed by atoms with Crippen molar-refractivity contribution in [3.8, 4) is 0 Å². The van der Waals surface area contributed by atoms with Crippen molar-refractivity contribution < 1.29 is 4.52 Å². The Kier molecular flexibility index (Phi) is 4.56. The minimum atomic E-state index is 0.530. The topological polar surface area (TPSA) is 71.2 Å². The van der Waals surface area contributed by atoms with Crippen LogP contribution < -0.4 is 4.90 Å². The third-order valence-electron chi connectivity index (χ3n) is 3.94. The van der Waals surface area contributed by atoms with Crippen molar-refractivity contribution in [1.29, 1.82) is 0 Å². The first kappa shape index (κ1) is 15.9. The van der Waals surface area contributed by atoms with Gasteiger partial charge in [-0.2, -0.15) is 4.98 Å². The number of fused-ring (bicyclic) bond motifs is 1.